The minimum absolute atomic E-state index is 0.0752. The largest absolute Gasteiger partial charge is 0.479 e. The summed E-state index contributed by atoms with van der Waals surface area (Å²) in [6, 6.07) is 2.28. The summed E-state index contributed by atoms with van der Waals surface area (Å²) in [6.07, 6.45) is -2.23. The van der Waals surface area contributed by atoms with Gasteiger partial charge in [0.2, 0.25) is 29.1 Å². The molecule has 1 amide bonds. The molecule has 3 aromatic rings. The first-order valence-corrected chi connectivity index (χ1v) is 8.67. The normalized spacial score (nSPS) is 11.6. The Labute approximate surface area is 178 Å². The molecule has 33 heavy (non-hydrogen) atoms. The standard InChI is InChI=1S/C18H11F8N3O4/c19-11-12(20)14(22)16(15(23)13(11)21)32-5-9-1-2-10(33-9)17(30)28-8-3-27-29(4-8)7-31-6-18(24,25)26/h1-4H,5-7H2,(H,28,30). The first-order valence-electron chi connectivity index (χ1n) is 8.67. The number of aromatic nitrogens is 2. The van der Waals surface area contributed by atoms with Gasteiger partial charge in [0, 0.05) is 0 Å². The number of nitrogens with zero attached hydrogens (tertiary/aromatic N) is 2. The number of nitrogens with one attached hydrogen (secondary N) is 1. The van der Waals surface area contributed by atoms with Crippen LogP contribution in [0, 0.1) is 29.1 Å². The van der Waals surface area contributed by atoms with Gasteiger partial charge < -0.3 is 19.2 Å². The zero-order valence-corrected chi connectivity index (χ0v) is 16.0. The van der Waals surface area contributed by atoms with E-state index in [1.165, 1.54) is 6.20 Å². The smallest absolute Gasteiger partial charge is 0.411 e. The first-order chi connectivity index (χ1) is 15.5. The van der Waals surface area contributed by atoms with Crippen LogP contribution < -0.4 is 10.1 Å². The lowest BCUT2D eigenvalue weighted by molar-refractivity contribution is -0.182. The van der Waals surface area contributed by atoms with Crippen LogP contribution in [0.2, 0.25) is 0 Å². The van der Waals surface area contributed by atoms with Gasteiger partial charge in [0.25, 0.3) is 5.91 Å². The van der Waals surface area contributed by atoms with E-state index in [4.69, 9.17) is 4.42 Å². The molecule has 0 saturated carbocycles. The van der Waals surface area contributed by atoms with Gasteiger partial charge >= 0.3 is 6.18 Å². The lowest BCUT2D eigenvalue weighted by Gasteiger charge is -2.09. The van der Waals surface area contributed by atoms with E-state index in [1.807, 2.05) is 0 Å². The molecule has 0 radical (unpaired) electrons. The molecule has 178 valence electrons. The number of anilines is 1. The molecule has 3 rings (SSSR count). The highest BCUT2D eigenvalue weighted by Crippen LogP contribution is 2.30. The lowest BCUT2D eigenvalue weighted by Crippen LogP contribution is -2.18. The van der Waals surface area contributed by atoms with Crippen molar-refractivity contribution < 1.29 is 53.8 Å². The Morgan fingerprint density at radius 3 is 2.30 bits per heavy atom. The maximum absolute atomic E-state index is 13.6. The van der Waals surface area contributed by atoms with Crippen molar-refractivity contribution in [1.82, 2.24) is 9.78 Å². The quantitative estimate of drug-likeness (QED) is 0.288. The molecule has 7 nitrogen and oxygen atoms in total. The zero-order valence-electron chi connectivity index (χ0n) is 16.0. The number of amides is 1. The monoisotopic (exact) mass is 485 g/mol. The molecular formula is C18H11F8N3O4. The minimum Gasteiger partial charge on any atom is -0.479 e. The van der Waals surface area contributed by atoms with Crippen molar-refractivity contribution in [1.29, 1.82) is 0 Å². The summed E-state index contributed by atoms with van der Waals surface area (Å²) in [4.78, 5) is 12.2. The topological polar surface area (TPSA) is 78.5 Å². The van der Waals surface area contributed by atoms with Crippen LogP contribution in [0.25, 0.3) is 0 Å². The molecule has 0 bridgehead atoms. The summed E-state index contributed by atoms with van der Waals surface area (Å²) in [5, 5.41) is 6.00. The number of alkyl halides is 3. The van der Waals surface area contributed by atoms with Crippen molar-refractivity contribution in [3.05, 3.63) is 65.1 Å². The average Bonchev–Trinajstić information content (AvgIpc) is 3.39. The predicted molar refractivity (Wildman–Crippen MR) is 91.5 cm³/mol. The van der Waals surface area contributed by atoms with Crippen LogP contribution in [0.15, 0.2) is 28.9 Å². The summed E-state index contributed by atoms with van der Waals surface area (Å²) in [5.41, 5.74) is 0.0752. The Kier molecular flexibility index (Phi) is 6.90. The summed E-state index contributed by atoms with van der Waals surface area (Å²) in [5.74, 6) is -13.9. The van der Waals surface area contributed by atoms with E-state index in [9.17, 15) is 39.9 Å². The highest BCUT2D eigenvalue weighted by molar-refractivity contribution is 6.02. The molecule has 0 spiro atoms. The van der Waals surface area contributed by atoms with Crippen molar-refractivity contribution in [3.8, 4) is 5.75 Å². The number of carbonyl (C=O) groups is 1. The molecule has 1 N–H and O–H groups in total. The number of rotatable bonds is 8. The first kappa shape index (κ1) is 24.0. The molecule has 0 saturated heterocycles. The third-order valence-corrected chi connectivity index (χ3v) is 3.79. The minimum atomic E-state index is -4.51. The van der Waals surface area contributed by atoms with Gasteiger partial charge in [-0.25, -0.2) is 17.9 Å². The molecule has 0 aliphatic carbocycles. The maximum atomic E-state index is 13.6. The van der Waals surface area contributed by atoms with Gasteiger partial charge in [0.15, 0.2) is 11.5 Å². The van der Waals surface area contributed by atoms with E-state index in [0.29, 0.717) is 0 Å². The van der Waals surface area contributed by atoms with Crippen LogP contribution >= 0.6 is 0 Å². The molecule has 0 atom stereocenters. The number of carbonyl (C=O) groups excluding carboxylic acids is 1. The summed E-state index contributed by atoms with van der Waals surface area (Å²) in [7, 11) is 0. The Morgan fingerprint density at radius 1 is 1.03 bits per heavy atom. The predicted octanol–water partition coefficient (Wildman–Crippen LogP) is 4.54. The fourth-order valence-electron chi connectivity index (χ4n) is 2.38. The summed E-state index contributed by atoms with van der Waals surface area (Å²) in [6.45, 7) is -2.80. The van der Waals surface area contributed by atoms with E-state index in [1.54, 1.807) is 0 Å². The number of ether oxygens (including phenoxy) is 2. The molecule has 1 aromatic carbocycles. The second-order valence-electron chi connectivity index (χ2n) is 6.27. The SMILES string of the molecule is O=C(Nc1cnn(COCC(F)(F)F)c1)c1ccc(COc2c(F)c(F)c(F)c(F)c2F)o1. The van der Waals surface area contributed by atoms with E-state index in [0.717, 1.165) is 23.0 Å². The van der Waals surface area contributed by atoms with Gasteiger partial charge in [-0.1, -0.05) is 0 Å². The molecule has 0 aliphatic rings. The van der Waals surface area contributed by atoms with Crippen LogP contribution in [0.1, 0.15) is 16.3 Å². The van der Waals surface area contributed by atoms with Gasteiger partial charge in [0.1, 0.15) is 25.7 Å². The van der Waals surface area contributed by atoms with E-state index in [-0.39, 0.29) is 17.2 Å². The number of benzene rings is 1. The van der Waals surface area contributed by atoms with Crippen molar-refractivity contribution in [2.45, 2.75) is 19.5 Å². The zero-order chi connectivity index (χ0) is 24.3. The fourth-order valence-corrected chi connectivity index (χ4v) is 2.38. The molecule has 0 unspecified atom stereocenters. The van der Waals surface area contributed by atoms with E-state index >= 15 is 0 Å². The Balaban J connectivity index is 1.58. The Hall–Kier alpha value is -3.62. The van der Waals surface area contributed by atoms with Crippen molar-refractivity contribution in [2.75, 3.05) is 11.9 Å². The van der Waals surface area contributed by atoms with Gasteiger partial charge in [-0.05, 0) is 12.1 Å². The Bertz CT molecular complexity index is 1130. The van der Waals surface area contributed by atoms with E-state index in [2.05, 4.69) is 19.9 Å². The van der Waals surface area contributed by atoms with Gasteiger partial charge in [-0.3, -0.25) is 4.79 Å². The Morgan fingerprint density at radius 2 is 1.67 bits per heavy atom. The summed E-state index contributed by atoms with van der Waals surface area (Å²) >= 11 is 0. The van der Waals surface area contributed by atoms with Crippen molar-refractivity contribution in [3.63, 3.8) is 0 Å². The second kappa shape index (κ2) is 9.48. The molecule has 2 aromatic heterocycles. The fraction of sp³-hybridized carbons (Fsp3) is 0.222. The van der Waals surface area contributed by atoms with Crippen LogP contribution in [0.4, 0.5) is 40.8 Å². The summed E-state index contributed by atoms with van der Waals surface area (Å²) < 4.78 is 118. The third kappa shape index (κ3) is 5.79. The van der Waals surface area contributed by atoms with Crippen LogP contribution in [0.3, 0.4) is 0 Å². The van der Waals surface area contributed by atoms with Crippen molar-refractivity contribution >= 4 is 11.6 Å². The number of hydrogen-bond donors (Lipinski definition) is 1. The second-order valence-corrected chi connectivity index (χ2v) is 6.27. The molecular weight excluding hydrogens is 474 g/mol. The van der Waals surface area contributed by atoms with Crippen LogP contribution in [-0.4, -0.2) is 28.5 Å². The van der Waals surface area contributed by atoms with Crippen LogP contribution in [-0.2, 0) is 18.1 Å². The molecule has 2 heterocycles. The number of hydrogen-bond acceptors (Lipinski definition) is 5. The number of furan rings is 1. The van der Waals surface area contributed by atoms with Crippen LogP contribution in [0.5, 0.6) is 5.75 Å². The average molecular weight is 485 g/mol. The van der Waals surface area contributed by atoms with Crippen molar-refractivity contribution in [2.24, 2.45) is 0 Å². The molecule has 15 heteroatoms. The van der Waals surface area contributed by atoms with Gasteiger partial charge in [-0.2, -0.15) is 27.1 Å². The maximum Gasteiger partial charge on any atom is 0.411 e. The molecule has 0 aliphatic heterocycles. The third-order valence-electron chi connectivity index (χ3n) is 3.79. The number of halogens is 8. The highest BCUT2D eigenvalue weighted by Gasteiger charge is 2.28. The highest BCUT2D eigenvalue weighted by atomic mass is 19.4. The van der Waals surface area contributed by atoms with E-state index < -0.39 is 66.9 Å². The lowest BCUT2D eigenvalue weighted by atomic mass is 10.2. The van der Waals surface area contributed by atoms with Gasteiger partial charge in [0.05, 0.1) is 18.1 Å². The van der Waals surface area contributed by atoms with Gasteiger partial charge in [-0.15, -0.1) is 0 Å². The molecule has 0 fully saturated rings.